The molecule has 5 nitrogen and oxygen atoms in total. The van der Waals surface area contributed by atoms with Crippen LogP contribution in [-0.2, 0) is 14.3 Å². The van der Waals surface area contributed by atoms with Gasteiger partial charge >= 0.3 is 5.97 Å². The van der Waals surface area contributed by atoms with Crippen LogP contribution >= 0.6 is 11.6 Å². The molecule has 0 saturated heterocycles. The van der Waals surface area contributed by atoms with Gasteiger partial charge < -0.3 is 10.1 Å². The largest absolute Gasteiger partial charge is 0.452 e. The van der Waals surface area contributed by atoms with Gasteiger partial charge in [0.2, 0.25) is 0 Å². The number of amides is 1. The fourth-order valence-corrected chi connectivity index (χ4v) is 2.03. The van der Waals surface area contributed by atoms with Gasteiger partial charge in [-0.3, -0.25) is 4.79 Å². The zero-order valence-electron chi connectivity index (χ0n) is 12.8. The van der Waals surface area contributed by atoms with Gasteiger partial charge in [0, 0.05) is 6.08 Å². The Bertz CT molecular complexity index is 875. The second-order valence-electron chi connectivity index (χ2n) is 4.82. The van der Waals surface area contributed by atoms with Crippen molar-refractivity contribution in [1.29, 1.82) is 5.26 Å². The number of nitriles is 1. The molecule has 0 aliphatic carbocycles. The molecule has 0 spiro atoms. The third-order valence-corrected chi connectivity index (χ3v) is 3.31. The quantitative estimate of drug-likeness (QED) is 0.655. The van der Waals surface area contributed by atoms with Crippen LogP contribution in [0.25, 0.3) is 6.08 Å². The molecule has 0 bridgehead atoms. The molecule has 0 aliphatic heterocycles. The lowest BCUT2D eigenvalue weighted by molar-refractivity contribution is -0.142. The second-order valence-corrected chi connectivity index (χ2v) is 5.23. The molecule has 1 amide bonds. The van der Waals surface area contributed by atoms with E-state index in [1.165, 1.54) is 24.3 Å². The highest BCUT2D eigenvalue weighted by Crippen LogP contribution is 2.17. The Morgan fingerprint density at radius 1 is 1.28 bits per heavy atom. The van der Waals surface area contributed by atoms with E-state index in [1.807, 2.05) is 6.07 Å². The van der Waals surface area contributed by atoms with Crippen molar-refractivity contribution in [2.75, 3.05) is 11.9 Å². The number of ether oxygens (including phenoxy) is 1. The number of esters is 1. The van der Waals surface area contributed by atoms with E-state index in [1.54, 1.807) is 24.3 Å². The van der Waals surface area contributed by atoms with Crippen LogP contribution in [0.5, 0.6) is 0 Å². The number of nitrogens with zero attached hydrogens (tertiary/aromatic N) is 1. The maximum Gasteiger partial charge on any atom is 0.331 e. The number of benzene rings is 2. The van der Waals surface area contributed by atoms with Crippen LogP contribution in [0.1, 0.15) is 11.1 Å². The van der Waals surface area contributed by atoms with Crippen LogP contribution in [0.2, 0.25) is 5.02 Å². The molecule has 1 N–H and O–H groups in total. The molecule has 7 heteroatoms. The highest BCUT2D eigenvalue weighted by Gasteiger charge is 2.08. The van der Waals surface area contributed by atoms with Crippen molar-refractivity contribution in [3.05, 3.63) is 70.5 Å². The second kappa shape index (κ2) is 8.62. The molecule has 2 rings (SSSR count). The Labute approximate surface area is 148 Å². The summed E-state index contributed by atoms with van der Waals surface area (Å²) in [4.78, 5) is 23.4. The first kappa shape index (κ1) is 18.2. The van der Waals surface area contributed by atoms with Crippen LogP contribution in [-0.4, -0.2) is 18.5 Å². The Morgan fingerprint density at radius 2 is 2.04 bits per heavy atom. The minimum absolute atomic E-state index is 0.0638. The predicted molar refractivity (Wildman–Crippen MR) is 91.2 cm³/mol. The van der Waals surface area contributed by atoms with E-state index in [2.05, 4.69) is 5.32 Å². The Balaban J connectivity index is 1.87. The van der Waals surface area contributed by atoms with Crippen LogP contribution < -0.4 is 5.32 Å². The number of para-hydroxylation sites is 1. The normalized spacial score (nSPS) is 10.3. The molecule has 0 heterocycles. The van der Waals surface area contributed by atoms with Gasteiger partial charge in [0.05, 0.1) is 16.3 Å². The van der Waals surface area contributed by atoms with Crippen molar-refractivity contribution < 1.29 is 18.7 Å². The molecule has 2 aromatic carbocycles. The summed E-state index contributed by atoms with van der Waals surface area (Å²) in [7, 11) is 0. The van der Waals surface area contributed by atoms with Crippen molar-refractivity contribution >= 4 is 35.2 Å². The fraction of sp³-hybridized carbons (Fsp3) is 0.0556. The van der Waals surface area contributed by atoms with Crippen molar-refractivity contribution in [3.8, 4) is 6.07 Å². The molecule has 0 radical (unpaired) electrons. The fourth-order valence-electron chi connectivity index (χ4n) is 1.84. The van der Waals surface area contributed by atoms with E-state index in [9.17, 15) is 14.0 Å². The minimum atomic E-state index is -0.746. The smallest absolute Gasteiger partial charge is 0.331 e. The molecule has 126 valence electrons. The minimum Gasteiger partial charge on any atom is -0.452 e. The molecular weight excluding hydrogens is 347 g/mol. The third kappa shape index (κ3) is 5.44. The van der Waals surface area contributed by atoms with Crippen LogP contribution in [0, 0.1) is 17.1 Å². The number of hydrogen-bond donors (Lipinski definition) is 1. The molecule has 2 aromatic rings. The van der Waals surface area contributed by atoms with Gasteiger partial charge in [0.15, 0.2) is 6.61 Å². The first-order chi connectivity index (χ1) is 12.0. The molecule has 0 atom stereocenters. The lowest BCUT2D eigenvalue weighted by Gasteiger charge is -2.06. The monoisotopic (exact) mass is 358 g/mol. The average Bonchev–Trinajstić information content (AvgIpc) is 2.61. The van der Waals surface area contributed by atoms with Gasteiger partial charge in [-0.2, -0.15) is 5.26 Å². The SMILES string of the molecule is N#Cc1ccccc1NC(=O)COC(=O)/C=C/c1ccc(F)c(Cl)c1. The standard InChI is InChI=1S/C18H12ClFN2O3/c19-14-9-12(5-7-15(14)20)6-8-18(24)25-11-17(23)22-16-4-2-1-3-13(16)10-21/h1-9H,11H2,(H,22,23)/b8-6+. The molecule has 0 unspecified atom stereocenters. The summed E-state index contributed by atoms with van der Waals surface area (Å²) >= 11 is 5.63. The van der Waals surface area contributed by atoms with Gasteiger partial charge in [-0.25, -0.2) is 9.18 Å². The summed E-state index contributed by atoms with van der Waals surface area (Å²) in [5, 5.41) is 11.4. The van der Waals surface area contributed by atoms with E-state index < -0.39 is 24.3 Å². The number of nitrogens with one attached hydrogen (secondary N) is 1. The lowest BCUT2D eigenvalue weighted by atomic mass is 10.2. The Kier molecular flexibility index (Phi) is 6.26. The van der Waals surface area contributed by atoms with Crippen molar-refractivity contribution in [2.45, 2.75) is 0 Å². The third-order valence-electron chi connectivity index (χ3n) is 3.02. The summed E-state index contributed by atoms with van der Waals surface area (Å²) in [6.45, 7) is -0.507. The first-order valence-electron chi connectivity index (χ1n) is 7.08. The van der Waals surface area contributed by atoms with Crippen LogP contribution in [0.3, 0.4) is 0 Å². The van der Waals surface area contributed by atoms with E-state index in [0.29, 0.717) is 16.8 Å². The number of carbonyl (C=O) groups excluding carboxylic acids is 2. The lowest BCUT2D eigenvalue weighted by Crippen LogP contribution is -2.20. The van der Waals surface area contributed by atoms with Crippen LogP contribution in [0.4, 0.5) is 10.1 Å². The zero-order valence-corrected chi connectivity index (χ0v) is 13.6. The van der Waals surface area contributed by atoms with Crippen molar-refractivity contribution in [2.24, 2.45) is 0 Å². The van der Waals surface area contributed by atoms with Gasteiger partial charge in [-0.1, -0.05) is 29.8 Å². The number of hydrogen-bond acceptors (Lipinski definition) is 4. The van der Waals surface area contributed by atoms with Crippen molar-refractivity contribution in [1.82, 2.24) is 0 Å². The molecule has 25 heavy (non-hydrogen) atoms. The van der Waals surface area contributed by atoms with E-state index in [4.69, 9.17) is 21.6 Å². The molecular formula is C18H12ClFN2O3. The summed E-state index contributed by atoms with van der Waals surface area (Å²) in [5.41, 5.74) is 1.15. The number of halogens is 2. The van der Waals surface area contributed by atoms with Gasteiger partial charge in [0.25, 0.3) is 5.91 Å². The molecule has 0 aliphatic rings. The zero-order chi connectivity index (χ0) is 18.2. The maximum atomic E-state index is 13.0. The maximum absolute atomic E-state index is 13.0. The Morgan fingerprint density at radius 3 is 2.76 bits per heavy atom. The number of carbonyl (C=O) groups is 2. The van der Waals surface area contributed by atoms with Gasteiger partial charge in [0.1, 0.15) is 11.9 Å². The molecule has 0 saturated carbocycles. The summed E-state index contributed by atoms with van der Waals surface area (Å²) in [6.07, 6.45) is 2.48. The van der Waals surface area contributed by atoms with Crippen molar-refractivity contribution in [3.63, 3.8) is 0 Å². The molecule has 0 fully saturated rings. The van der Waals surface area contributed by atoms with E-state index in [0.717, 1.165) is 6.08 Å². The first-order valence-corrected chi connectivity index (χ1v) is 7.46. The predicted octanol–water partition coefficient (Wildman–Crippen LogP) is 3.55. The summed E-state index contributed by atoms with van der Waals surface area (Å²) < 4.78 is 17.8. The topological polar surface area (TPSA) is 79.2 Å². The van der Waals surface area contributed by atoms with E-state index in [-0.39, 0.29) is 5.02 Å². The average molecular weight is 359 g/mol. The van der Waals surface area contributed by atoms with Crippen LogP contribution in [0.15, 0.2) is 48.5 Å². The highest BCUT2D eigenvalue weighted by molar-refractivity contribution is 6.30. The highest BCUT2D eigenvalue weighted by atomic mass is 35.5. The van der Waals surface area contributed by atoms with Gasteiger partial charge in [-0.15, -0.1) is 0 Å². The van der Waals surface area contributed by atoms with Gasteiger partial charge in [-0.05, 0) is 35.9 Å². The summed E-state index contributed by atoms with van der Waals surface area (Å²) in [6, 6.07) is 12.4. The van der Waals surface area contributed by atoms with E-state index >= 15 is 0 Å². The Hall–Kier alpha value is -3.17. The molecule has 0 aromatic heterocycles. The number of anilines is 1. The summed E-state index contributed by atoms with van der Waals surface area (Å²) in [5.74, 6) is -1.88. The number of rotatable bonds is 5.